The third-order valence-corrected chi connectivity index (χ3v) is 5.74. The predicted octanol–water partition coefficient (Wildman–Crippen LogP) is 1.56. The average Bonchev–Trinajstić information content (AvgIpc) is 3.18. The lowest BCUT2D eigenvalue weighted by molar-refractivity contribution is 0.0561. The van der Waals surface area contributed by atoms with Gasteiger partial charge in [-0.25, -0.2) is 0 Å². The Balaban J connectivity index is 1.47. The van der Waals surface area contributed by atoms with E-state index in [0.717, 1.165) is 32.3 Å². The molecular formula is C17H33N3O. The van der Waals surface area contributed by atoms with Crippen LogP contribution >= 0.6 is 0 Å². The van der Waals surface area contributed by atoms with Gasteiger partial charge in [0.2, 0.25) is 0 Å². The lowest BCUT2D eigenvalue weighted by atomic mass is 9.86. The zero-order valence-electron chi connectivity index (χ0n) is 13.8. The summed E-state index contributed by atoms with van der Waals surface area (Å²) in [5.74, 6) is 0. The fourth-order valence-corrected chi connectivity index (χ4v) is 4.39. The van der Waals surface area contributed by atoms with Crippen LogP contribution in [0.4, 0.5) is 0 Å². The van der Waals surface area contributed by atoms with Crippen LogP contribution in [0.15, 0.2) is 0 Å². The molecule has 2 heterocycles. The van der Waals surface area contributed by atoms with Gasteiger partial charge in [0.25, 0.3) is 0 Å². The summed E-state index contributed by atoms with van der Waals surface area (Å²) < 4.78 is 5.72. The molecule has 2 aliphatic heterocycles. The number of nitrogens with one attached hydrogen (secondary N) is 1. The van der Waals surface area contributed by atoms with Gasteiger partial charge in [-0.05, 0) is 25.8 Å². The number of piperazine rings is 1. The lowest BCUT2D eigenvalue weighted by Gasteiger charge is -2.41. The maximum Gasteiger partial charge on any atom is 0.0547 e. The van der Waals surface area contributed by atoms with Crippen molar-refractivity contribution in [2.75, 3.05) is 59.0 Å². The van der Waals surface area contributed by atoms with Crippen molar-refractivity contribution in [1.29, 1.82) is 0 Å². The summed E-state index contributed by atoms with van der Waals surface area (Å²) in [5.41, 5.74) is 0.367. The molecule has 1 N–H and O–H groups in total. The summed E-state index contributed by atoms with van der Waals surface area (Å²) in [5, 5.41) is 3.56. The molecule has 0 aromatic heterocycles. The Labute approximate surface area is 130 Å². The summed E-state index contributed by atoms with van der Waals surface area (Å²) in [4.78, 5) is 5.45. The Morgan fingerprint density at radius 2 is 1.90 bits per heavy atom. The molecule has 0 amide bonds. The molecule has 3 aliphatic rings. The maximum atomic E-state index is 5.72. The quantitative estimate of drug-likeness (QED) is 0.805. The molecule has 4 nitrogen and oxygen atoms in total. The summed E-state index contributed by atoms with van der Waals surface area (Å²) in [6.07, 6.45) is 7.02. The van der Waals surface area contributed by atoms with Crippen molar-refractivity contribution in [3.8, 4) is 0 Å². The third-order valence-electron chi connectivity index (χ3n) is 5.74. The van der Waals surface area contributed by atoms with Crippen LogP contribution in [-0.2, 0) is 4.74 Å². The van der Waals surface area contributed by atoms with Crippen LogP contribution in [0.25, 0.3) is 0 Å². The molecule has 1 unspecified atom stereocenters. The Morgan fingerprint density at radius 3 is 2.52 bits per heavy atom. The predicted molar refractivity (Wildman–Crippen MR) is 86.7 cm³/mol. The van der Waals surface area contributed by atoms with Crippen LogP contribution in [0, 0.1) is 5.41 Å². The van der Waals surface area contributed by atoms with Crippen LogP contribution in [0.2, 0.25) is 0 Å². The minimum absolute atomic E-state index is 0.367. The van der Waals surface area contributed by atoms with Gasteiger partial charge in [-0.15, -0.1) is 0 Å². The molecule has 21 heavy (non-hydrogen) atoms. The maximum absolute atomic E-state index is 5.72. The monoisotopic (exact) mass is 295 g/mol. The van der Waals surface area contributed by atoms with Gasteiger partial charge in [0.1, 0.15) is 0 Å². The first-order chi connectivity index (χ1) is 10.3. The summed E-state index contributed by atoms with van der Waals surface area (Å²) >= 11 is 0. The average molecular weight is 295 g/mol. The number of rotatable bonds is 6. The van der Waals surface area contributed by atoms with Crippen LogP contribution < -0.4 is 5.32 Å². The fraction of sp³-hybridized carbons (Fsp3) is 1.00. The topological polar surface area (TPSA) is 27.7 Å². The first kappa shape index (κ1) is 15.7. The molecule has 0 bridgehead atoms. The largest absolute Gasteiger partial charge is 0.381 e. The Bertz CT molecular complexity index is 303. The first-order valence-electron chi connectivity index (χ1n) is 9.06. The Hall–Kier alpha value is -0.160. The second-order valence-electron chi connectivity index (χ2n) is 7.33. The van der Waals surface area contributed by atoms with Crippen molar-refractivity contribution in [2.45, 2.75) is 45.1 Å². The van der Waals surface area contributed by atoms with Gasteiger partial charge in [0.15, 0.2) is 0 Å². The van der Waals surface area contributed by atoms with E-state index >= 15 is 0 Å². The molecule has 1 saturated carbocycles. The lowest BCUT2D eigenvalue weighted by Crippen LogP contribution is -2.53. The van der Waals surface area contributed by atoms with Gasteiger partial charge in [0.05, 0.1) is 6.61 Å². The van der Waals surface area contributed by atoms with E-state index in [-0.39, 0.29) is 0 Å². The van der Waals surface area contributed by atoms with Gasteiger partial charge in [-0.3, -0.25) is 4.90 Å². The third kappa shape index (κ3) is 3.98. The van der Waals surface area contributed by atoms with Crippen molar-refractivity contribution in [3.05, 3.63) is 0 Å². The Kier molecular flexibility index (Phi) is 5.54. The highest BCUT2D eigenvalue weighted by molar-refractivity contribution is 4.90. The van der Waals surface area contributed by atoms with Crippen molar-refractivity contribution in [3.63, 3.8) is 0 Å². The molecule has 0 aromatic carbocycles. The van der Waals surface area contributed by atoms with Crippen LogP contribution in [0.1, 0.15) is 39.0 Å². The molecule has 0 spiro atoms. The van der Waals surface area contributed by atoms with E-state index < -0.39 is 0 Å². The van der Waals surface area contributed by atoms with Crippen LogP contribution in [0.5, 0.6) is 0 Å². The Morgan fingerprint density at radius 1 is 1.14 bits per heavy atom. The van der Waals surface area contributed by atoms with E-state index in [1.807, 2.05) is 0 Å². The second kappa shape index (κ2) is 7.40. The molecule has 1 atom stereocenters. The minimum Gasteiger partial charge on any atom is -0.381 e. The smallest absolute Gasteiger partial charge is 0.0547 e. The van der Waals surface area contributed by atoms with E-state index in [2.05, 4.69) is 22.0 Å². The number of hydrogen-bond donors (Lipinski definition) is 1. The molecule has 0 radical (unpaired) electrons. The SMILES string of the molecule is CCNCC1(CN2CCN(C3CCCC3)CC2)CCOC1. The molecule has 122 valence electrons. The highest BCUT2D eigenvalue weighted by atomic mass is 16.5. The van der Waals surface area contributed by atoms with Gasteiger partial charge in [-0.2, -0.15) is 0 Å². The second-order valence-corrected chi connectivity index (χ2v) is 7.33. The normalized spacial score (nSPS) is 33.0. The molecule has 0 aromatic rings. The van der Waals surface area contributed by atoms with Crippen molar-refractivity contribution >= 4 is 0 Å². The zero-order valence-corrected chi connectivity index (χ0v) is 13.8. The van der Waals surface area contributed by atoms with E-state index in [0.29, 0.717) is 5.41 Å². The number of nitrogens with zero attached hydrogens (tertiary/aromatic N) is 2. The first-order valence-corrected chi connectivity index (χ1v) is 9.06. The van der Waals surface area contributed by atoms with Crippen molar-refractivity contribution < 1.29 is 4.74 Å². The van der Waals surface area contributed by atoms with E-state index in [1.165, 1.54) is 64.8 Å². The standard InChI is InChI=1S/C17H33N3O/c1-2-18-13-17(7-12-21-15-17)14-19-8-10-20(11-9-19)16-5-3-4-6-16/h16,18H,2-15H2,1H3. The van der Waals surface area contributed by atoms with Crippen molar-refractivity contribution in [2.24, 2.45) is 5.41 Å². The highest BCUT2D eigenvalue weighted by Crippen LogP contribution is 2.30. The summed E-state index contributed by atoms with van der Waals surface area (Å²) in [6.45, 7) is 12.6. The summed E-state index contributed by atoms with van der Waals surface area (Å²) in [6, 6.07) is 0.901. The minimum atomic E-state index is 0.367. The van der Waals surface area contributed by atoms with E-state index in [4.69, 9.17) is 4.74 Å². The van der Waals surface area contributed by atoms with E-state index in [9.17, 15) is 0 Å². The molecule has 1 aliphatic carbocycles. The number of ether oxygens (including phenoxy) is 1. The van der Waals surface area contributed by atoms with Crippen LogP contribution in [-0.4, -0.2) is 74.9 Å². The van der Waals surface area contributed by atoms with Crippen LogP contribution in [0.3, 0.4) is 0 Å². The molecule has 4 heteroatoms. The fourth-order valence-electron chi connectivity index (χ4n) is 4.39. The van der Waals surface area contributed by atoms with Gasteiger partial charge in [-0.1, -0.05) is 19.8 Å². The molecule has 2 saturated heterocycles. The van der Waals surface area contributed by atoms with E-state index in [1.54, 1.807) is 0 Å². The molecule has 3 rings (SSSR count). The van der Waals surface area contributed by atoms with Crippen molar-refractivity contribution in [1.82, 2.24) is 15.1 Å². The number of hydrogen-bond acceptors (Lipinski definition) is 4. The van der Waals surface area contributed by atoms with Gasteiger partial charge < -0.3 is 15.0 Å². The van der Waals surface area contributed by atoms with Gasteiger partial charge in [0, 0.05) is 57.3 Å². The highest BCUT2D eigenvalue weighted by Gasteiger charge is 2.37. The molecule has 3 fully saturated rings. The zero-order chi connectivity index (χ0) is 14.5. The summed E-state index contributed by atoms with van der Waals surface area (Å²) in [7, 11) is 0. The molecular weight excluding hydrogens is 262 g/mol. The van der Waals surface area contributed by atoms with Gasteiger partial charge >= 0.3 is 0 Å².